The van der Waals surface area contributed by atoms with Gasteiger partial charge in [0.1, 0.15) is 22.6 Å². The van der Waals surface area contributed by atoms with Crippen molar-refractivity contribution < 1.29 is 38.3 Å². The number of anilines is 2. The first-order chi connectivity index (χ1) is 26.1. The summed E-state index contributed by atoms with van der Waals surface area (Å²) in [6, 6.07) is 7.60. The number of carbonyl (C=O) groups is 3. The molecule has 0 bridgehead atoms. The molecule has 0 radical (unpaired) electrons. The van der Waals surface area contributed by atoms with Crippen molar-refractivity contribution in [3.05, 3.63) is 75.1 Å². The summed E-state index contributed by atoms with van der Waals surface area (Å²) in [5, 5.41) is 22.4. The second kappa shape index (κ2) is 18.5. The molecule has 1 fully saturated rings. The first-order valence-corrected chi connectivity index (χ1v) is 18.6. The van der Waals surface area contributed by atoms with Crippen LogP contribution in [0.4, 0.5) is 17.3 Å². The molecule has 0 unspecified atom stereocenters. The quantitative estimate of drug-likeness (QED) is 0.0372. The van der Waals surface area contributed by atoms with Gasteiger partial charge in [-0.25, -0.2) is 14.6 Å². The number of hydrogen-bond acceptors (Lipinski definition) is 14. The van der Waals surface area contributed by atoms with Crippen LogP contribution < -0.4 is 15.4 Å². The Hall–Kier alpha value is -5.46. The maximum atomic E-state index is 13.6. The molecule has 5 rings (SSSR count). The summed E-state index contributed by atoms with van der Waals surface area (Å²) in [4.78, 5) is 57.4. The lowest BCUT2D eigenvalue weighted by molar-refractivity contribution is -0.384. The number of aromatic nitrogens is 4. The Morgan fingerprint density at radius 1 is 1.06 bits per heavy atom. The zero-order valence-electron chi connectivity index (χ0n) is 30.9. The number of amides is 1. The monoisotopic (exact) mass is 764 g/mol. The number of allylic oxidation sites excluding steroid dienone is 1. The lowest BCUT2D eigenvalue weighted by atomic mass is 10.1. The normalized spacial score (nSPS) is 13.3. The van der Waals surface area contributed by atoms with Crippen LogP contribution in [0.2, 0.25) is 0 Å². The predicted molar refractivity (Wildman–Crippen MR) is 203 cm³/mol. The Bertz CT molecular complexity index is 2040. The zero-order chi connectivity index (χ0) is 38.8. The number of morpholine rings is 1. The molecule has 1 aliphatic rings. The molecule has 1 aliphatic heterocycles. The van der Waals surface area contributed by atoms with E-state index in [2.05, 4.69) is 20.6 Å². The summed E-state index contributed by atoms with van der Waals surface area (Å²) in [5.41, 5.74) is 2.28. The number of nitrogens with one attached hydrogen (secondary N) is 2. The number of thioether (sulfide) groups is 1. The predicted octanol–water partition coefficient (Wildman–Crippen LogP) is 4.79. The molecule has 0 saturated carbocycles. The van der Waals surface area contributed by atoms with Crippen molar-refractivity contribution in [1.82, 2.24) is 24.2 Å². The van der Waals surface area contributed by atoms with Crippen LogP contribution in [0, 0.1) is 17.0 Å². The number of esters is 2. The van der Waals surface area contributed by atoms with Crippen molar-refractivity contribution in [3.63, 3.8) is 0 Å². The van der Waals surface area contributed by atoms with E-state index in [9.17, 15) is 24.5 Å². The number of nitrogens with zero attached hydrogens (tertiary/aromatic N) is 6. The molecule has 54 heavy (non-hydrogen) atoms. The summed E-state index contributed by atoms with van der Waals surface area (Å²) in [6.07, 6.45) is 6.07. The molecule has 0 aliphatic carbocycles. The fourth-order valence-corrected chi connectivity index (χ4v) is 6.65. The second-order valence-electron chi connectivity index (χ2n) is 12.2. The highest BCUT2D eigenvalue weighted by molar-refractivity contribution is 7.98. The summed E-state index contributed by atoms with van der Waals surface area (Å²) >= 11 is 1.25. The van der Waals surface area contributed by atoms with E-state index in [1.807, 2.05) is 13.0 Å². The summed E-state index contributed by atoms with van der Waals surface area (Å²) in [5.74, 6) is -1.08. The van der Waals surface area contributed by atoms with Crippen molar-refractivity contribution in [2.24, 2.45) is 0 Å². The average Bonchev–Trinajstić information content (AvgIpc) is 3.74. The van der Waals surface area contributed by atoms with Crippen molar-refractivity contribution >= 4 is 58.0 Å². The smallest absolute Gasteiger partial charge is 0.338 e. The maximum absolute atomic E-state index is 13.6. The molecule has 2 aromatic carbocycles. The third-order valence-corrected chi connectivity index (χ3v) is 9.40. The Balaban J connectivity index is 1.46. The van der Waals surface area contributed by atoms with E-state index >= 15 is 0 Å². The van der Waals surface area contributed by atoms with Crippen LogP contribution >= 0.6 is 11.8 Å². The Labute approximate surface area is 316 Å². The van der Waals surface area contributed by atoms with Crippen LogP contribution in [0.25, 0.3) is 11.0 Å². The Kier molecular flexibility index (Phi) is 13.6. The lowest BCUT2D eigenvalue weighted by Gasteiger charge is -2.26. The highest BCUT2D eigenvalue weighted by Gasteiger charge is 2.24. The number of rotatable bonds is 17. The number of nitro benzene ring substituents is 1. The van der Waals surface area contributed by atoms with Crippen LogP contribution in [-0.4, -0.2) is 113 Å². The molecule has 0 atom stereocenters. The third-order valence-electron chi connectivity index (χ3n) is 8.64. The number of hydrogen-bond donors (Lipinski definition) is 2. The Morgan fingerprint density at radius 3 is 2.44 bits per heavy atom. The highest BCUT2D eigenvalue weighted by atomic mass is 32.2. The van der Waals surface area contributed by atoms with E-state index in [-0.39, 0.29) is 41.5 Å². The molecule has 1 saturated heterocycles. The molecule has 4 aromatic rings. The van der Waals surface area contributed by atoms with Crippen molar-refractivity contribution in [2.45, 2.75) is 38.3 Å². The van der Waals surface area contributed by atoms with Gasteiger partial charge in [0.25, 0.3) is 11.6 Å². The van der Waals surface area contributed by atoms with Crippen molar-refractivity contribution in [3.8, 4) is 5.75 Å². The van der Waals surface area contributed by atoms with Gasteiger partial charge < -0.3 is 28.8 Å². The lowest BCUT2D eigenvalue weighted by Crippen LogP contribution is -2.37. The largest absolute Gasteiger partial charge is 0.491 e. The van der Waals surface area contributed by atoms with Crippen LogP contribution in [-0.2, 0) is 27.3 Å². The number of aryl methyl sites for hydroxylation is 2. The minimum absolute atomic E-state index is 0.0721. The summed E-state index contributed by atoms with van der Waals surface area (Å²) in [6.45, 7) is 8.79. The van der Waals surface area contributed by atoms with E-state index in [0.29, 0.717) is 59.4 Å². The molecule has 288 valence electrons. The van der Waals surface area contributed by atoms with Gasteiger partial charge in [-0.3, -0.25) is 29.8 Å². The van der Waals surface area contributed by atoms with Gasteiger partial charge in [0.05, 0.1) is 61.3 Å². The van der Waals surface area contributed by atoms with E-state index in [4.69, 9.17) is 23.9 Å². The maximum Gasteiger partial charge on any atom is 0.338 e. The molecule has 18 heteroatoms. The number of carbonyl (C=O) groups excluding carboxylic acids is 3. The Morgan fingerprint density at radius 2 is 1.78 bits per heavy atom. The minimum atomic E-state index is -0.677. The van der Waals surface area contributed by atoms with Gasteiger partial charge in [0, 0.05) is 50.2 Å². The topological polar surface area (TPSA) is 194 Å². The van der Waals surface area contributed by atoms with Gasteiger partial charge in [-0.15, -0.1) is 11.8 Å². The van der Waals surface area contributed by atoms with Crippen LogP contribution in [0.3, 0.4) is 0 Å². The molecular formula is C36H44N8O9S. The molecule has 17 nitrogen and oxygen atoms in total. The first-order valence-electron chi connectivity index (χ1n) is 17.3. The zero-order valence-corrected chi connectivity index (χ0v) is 31.7. The van der Waals surface area contributed by atoms with Crippen molar-refractivity contribution in [1.29, 1.82) is 0 Å². The van der Waals surface area contributed by atoms with Crippen LogP contribution in [0.15, 0.2) is 47.4 Å². The molecule has 2 N–H and O–H groups in total. The second-order valence-corrected chi connectivity index (χ2v) is 13.0. The fourth-order valence-electron chi connectivity index (χ4n) is 6.02. The van der Waals surface area contributed by atoms with Gasteiger partial charge >= 0.3 is 11.9 Å². The van der Waals surface area contributed by atoms with Crippen LogP contribution in [0.1, 0.15) is 50.2 Å². The molecule has 2 aromatic heterocycles. The van der Waals surface area contributed by atoms with E-state index in [1.54, 1.807) is 52.8 Å². The van der Waals surface area contributed by atoms with E-state index < -0.39 is 22.8 Å². The minimum Gasteiger partial charge on any atom is -0.491 e. The number of ether oxygens (including phenoxy) is 4. The number of imidazole rings is 1. The van der Waals surface area contributed by atoms with Crippen LogP contribution in [0.5, 0.6) is 5.75 Å². The van der Waals surface area contributed by atoms with Gasteiger partial charge in [-0.1, -0.05) is 12.2 Å². The standard InChI is InChI=1S/C36H44N8O9S/c1-6-43-28(18-23(2)40-43)33(45)39-36-38-26-19-24(34(46)50-3)21-29(53-15-9-11-41-13-16-52-17-14-41)32(26)42(36)12-8-7-10-37-31-27(44(48)49)20-25(35(47)51-4)22-30(31)54-5/h7-8,18-22,37H,6,9-17H2,1-5H3,(H,38,39,45)/b8-7+. The fraction of sp³-hybridized carbons (Fsp3) is 0.417. The van der Waals surface area contributed by atoms with Gasteiger partial charge in [0.15, 0.2) is 0 Å². The molecule has 0 spiro atoms. The van der Waals surface area contributed by atoms with E-state index in [0.717, 1.165) is 26.1 Å². The molecular weight excluding hydrogens is 721 g/mol. The van der Waals surface area contributed by atoms with Gasteiger partial charge in [-0.05, 0) is 50.8 Å². The average molecular weight is 765 g/mol. The molecule has 3 heterocycles. The number of benzene rings is 2. The van der Waals surface area contributed by atoms with Gasteiger partial charge in [0.2, 0.25) is 5.95 Å². The summed E-state index contributed by atoms with van der Waals surface area (Å²) in [7, 11) is 2.51. The highest BCUT2D eigenvalue weighted by Crippen LogP contribution is 2.36. The first kappa shape index (κ1) is 39.7. The van der Waals surface area contributed by atoms with Crippen molar-refractivity contribution in [2.75, 3.05) is 77.1 Å². The van der Waals surface area contributed by atoms with E-state index in [1.165, 1.54) is 32.0 Å². The third kappa shape index (κ3) is 9.36. The number of nitro groups is 1. The number of fused-ring (bicyclic) bond motifs is 1. The number of methoxy groups -OCH3 is 2. The SMILES string of the molecule is CCn1nc(C)cc1C(=O)Nc1nc2cc(C(=O)OC)cc(OCCCN3CCOCC3)c2n1C/C=C/CNc1c(SC)cc(C(=O)OC)cc1[N+](=O)[O-]. The molecule has 1 amide bonds. The summed E-state index contributed by atoms with van der Waals surface area (Å²) < 4.78 is 24.9. The van der Waals surface area contributed by atoms with Gasteiger partial charge in [-0.2, -0.15) is 5.10 Å².